The quantitative estimate of drug-likeness (QED) is 0.342. The minimum absolute atomic E-state index is 0.184. The molecule has 68 valence electrons. The van der Waals surface area contributed by atoms with Crippen LogP contribution in [0.5, 0.6) is 0 Å². The van der Waals surface area contributed by atoms with E-state index >= 15 is 0 Å². The normalized spacial score (nSPS) is 8.67. The summed E-state index contributed by atoms with van der Waals surface area (Å²) in [6.07, 6.45) is 4.52. The van der Waals surface area contributed by atoms with Crippen LogP contribution in [0.1, 0.15) is 25.7 Å². The van der Waals surface area contributed by atoms with Gasteiger partial charge in [0.05, 0.1) is 7.11 Å². The Morgan fingerprint density at radius 2 is 2.17 bits per heavy atom. The van der Waals surface area contributed by atoms with E-state index in [0.717, 1.165) is 19.3 Å². The molecule has 0 aromatic carbocycles. The van der Waals surface area contributed by atoms with Crippen LogP contribution in [-0.2, 0) is 14.3 Å². The number of carbonyl (C=O) groups excluding carboxylic acids is 1. The van der Waals surface area contributed by atoms with Gasteiger partial charge in [-0.1, -0.05) is 0 Å². The lowest BCUT2D eigenvalue weighted by Gasteiger charge is -1.98. The van der Waals surface area contributed by atoms with Crippen molar-refractivity contribution in [1.29, 1.82) is 5.26 Å². The van der Waals surface area contributed by atoms with Crippen molar-refractivity contribution in [3.8, 4) is 6.26 Å². The highest BCUT2D eigenvalue weighted by Crippen LogP contribution is 2.00. The Morgan fingerprint density at radius 3 is 2.75 bits per heavy atom. The van der Waals surface area contributed by atoms with E-state index in [4.69, 9.17) is 5.26 Å². The van der Waals surface area contributed by atoms with Crippen LogP contribution in [0.3, 0.4) is 0 Å². The van der Waals surface area contributed by atoms with Gasteiger partial charge in [0.2, 0.25) is 0 Å². The second kappa shape index (κ2) is 7.86. The van der Waals surface area contributed by atoms with Crippen LogP contribution >= 0.6 is 0 Å². The number of carbonyl (C=O) groups is 1. The van der Waals surface area contributed by atoms with E-state index in [1.165, 1.54) is 7.11 Å². The predicted octanol–water partition coefficient (Wildman–Crippen LogP) is 1.22. The molecule has 0 aromatic heterocycles. The topological polar surface area (TPSA) is 59.3 Å². The van der Waals surface area contributed by atoms with E-state index < -0.39 is 0 Å². The highest BCUT2D eigenvalue weighted by atomic mass is 16.5. The lowest BCUT2D eigenvalue weighted by Crippen LogP contribution is -1.99. The van der Waals surface area contributed by atoms with Crippen LogP contribution in [0.2, 0.25) is 0 Å². The van der Waals surface area contributed by atoms with E-state index in [1.807, 2.05) is 0 Å². The minimum Gasteiger partial charge on any atom is -0.469 e. The fraction of sp³-hybridized carbons (Fsp3) is 0.750. The van der Waals surface area contributed by atoms with E-state index in [1.54, 1.807) is 6.26 Å². The number of hydrogen-bond acceptors (Lipinski definition) is 4. The molecule has 4 heteroatoms. The first-order chi connectivity index (χ1) is 5.81. The number of unbranched alkanes of at least 4 members (excludes halogenated alkanes) is 2. The van der Waals surface area contributed by atoms with Crippen molar-refractivity contribution in [2.24, 2.45) is 0 Å². The van der Waals surface area contributed by atoms with Gasteiger partial charge in [0, 0.05) is 6.42 Å². The Kier molecular flexibility index (Phi) is 7.05. The molecule has 0 amide bonds. The molecule has 0 atom stereocenters. The molecule has 0 aliphatic rings. The first-order valence-electron chi connectivity index (χ1n) is 3.89. The Labute approximate surface area is 72.1 Å². The third-order valence-corrected chi connectivity index (χ3v) is 1.42. The number of hydrogen-bond donors (Lipinski definition) is 0. The summed E-state index contributed by atoms with van der Waals surface area (Å²) >= 11 is 0. The van der Waals surface area contributed by atoms with Crippen molar-refractivity contribution in [1.82, 2.24) is 0 Å². The van der Waals surface area contributed by atoms with E-state index in [-0.39, 0.29) is 5.97 Å². The monoisotopic (exact) mass is 171 g/mol. The molecule has 0 aromatic rings. The summed E-state index contributed by atoms with van der Waals surface area (Å²) in [6, 6.07) is 0. The molecular weight excluding hydrogens is 158 g/mol. The number of nitriles is 1. The summed E-state index contributed by atoms with van der Waals surface area (Å²) < 4.78 is 8.91. The Bertz CT molecular complexity index is 162. The minimum atomic E-state index is -0.184. The summed E-state index contributed by atoms with van der Waals surface area (Å²) in [6.45, 7) is 0.442. The molecule has 0 saturated heterocycles. The molecule has 4 nitrogen and oxygen atoms in total. The molecule has 0 aliphatic carbocycles. The van der Waals surface area contributed by atoms with E-state index in [0.29, 0.717) is 13.0 Å². The summed E-state index contributed by atoms with van der Waals surface area (Å²) in [7, 11) is 1.38. The van der Waals surface area contributed by atoms with Gasteiger partial charge in [0.25, 0.3) is 6.26 Å². The van der Waals surface area contributed by atoms with Crippen LogP contribution in [0, 0.1) is 11.5 Å². The van der Waals surface area contributed by atoms with Crippen LogP contribution in [-0.4, -0.2) is 19.7 Å². The van der Waals surface area contributed by atoms with Gasteiger partial charge in [-0.25, -0.2) is 0 Å². The number of ether oxygens (including phenoxy) is 2. The zero-order chi connectivity index (χ0) is 9.23. The summed E-state index contributed by atoms with van der Waals surface area (Å²) in [5.74, 6) is -0.184. The van der Waals surface area contributed by atoms with Crippen molar-refractivity contribution in [3.05, 3.63) is 0 Å². The highest BCUT2D eigenvalue weighted by Gasteiger charge is 1.98. The number of methoxy groups -OCH3 is 1. The molecular formula is C8H13NO3. The largest absolute Gasteiger partial charge is 0.469 e. The zero-order valence-corrected chi connectivity index (χ0v) is 7.21. The second-order valence-electron chi connectivity index (χ2n) is 2.33. The molecule has 0 spiro atoms. The maximum absolute atomic E-state index is 10.6. The molecule has 0 radical (unpaired) electrons. The second-order valence-corrected chi connectivity index (χ2v) is 2.33. The van der Waals surface area contributed by atoms with Gasteiger partial charge in [-0.05, 0) is 19.3 Å². The van der Waals surface area contributed by atoms with Crippen LogP contribution < -0.4 is 0 Å². The van der Waals surface area contributed by atoms with E-state index in [2.05, 4.69) is 9.47 Å². The maximum Gasteiger partial charge on any atom is 0.305 e. The average molecular weight is 171 g/mol. The van der Waals surface area contributed by atoms with Gasteiger partial charge in [0.1, 0.15) is 6.61 Å². The van der Waals surface area contributed by atoms with Gasteiger partial charge in [-0.3, -0.25) is 4.79 Å². The first kappa shape index (κ1) is 10.8. The number of nitrogens with zero attached hydrogens (tertiary/aromatic N) is 1. The van der Waals surface area contributed by atoms with Crippen LogP contribution in [0.4, 0.5) is 0 Å². The van der Waals surface area contributed by atoms with Gasteiger partial charge < -0.3 is 9.47 Å². The van der Waals surface area contributed by atoms with Crippen LogP contribution in [0.15, 0.2) is 0 Å². The Hall–Kier alpha value is -1.24. The molecule has 0 fully saturated rings. The molecule has 12 heavy (non-hydrogen) atoms. The van der Waals surface area contributed by atoms with Crippen molar-refractivity contribution in [3.63, 3.8) is 0 Å². The van der Waals surface area contributed by atoms with Gasteiger partial charge in [0.15, 0.2) is 0 Å². The third kappa shape index (κ3) is 6.87. The maximum atomic E-state index is 10.6. The number of esters is 1. The SMILES string of the molecule is COC(=O)CCCCCOC#N. The van der Waals surface area contributed by atoms with Crippen molar-refractivity contribution >= 4 is 5.97 Å². The molecule has 0 aliphatic heterocycles. The molecule has 0 saturated carbocycles. The average Bonchev–Trinajstić information content (AvgIpc) is 2.10. The van der Waals surface area contributed by atoms with Crippen molar-refractivity contribution in [2.45, 2.75) is 25.7 Å². The van der Waals surface area contributed by atoms with E-state index in [9.17, 15) is 4.79 Å². The smallest absolute Gasteiger partial charge is 0.305 e. The fourth-order valence-electron chi connectivity index (χ4n) is 0.768. The Balaban J connectivity index is 3.01. The van der Waals surface area contributed by atoms with Gasteiger partial charge in [-0.15, -0.1) is 0 Å². The molecule has 0 unspecified atom stereocenters. The predicted molar refractivity (Wildman–Crippen MR) is 42.0 cm³/mol. The summed E-state index contributed by atoms with van der Waals surface area (Å²) in [5, 5.41) is 8.00. The first-order valence-corrected chi connectivity index (χ1v) is 3.89. The summed E-state index contributed by atoms with van der Waals surface area (Å²) in [5.41, 5.74) is 0. The lowest BCUT2D eigenvalue weighted by molar-refractivity contribution is -0.140. The molecule has 0 rings (SSSR count). The van der Waals surface area contributed by atoms with Gasteiger partial charge >= 0.3 is 5.97 Å². The number of rotatable bonds is 6. The third-order valence-electron chi connectivity index (χ3n) is 1.42. The van der Waals surface area contributed by atoms with Crippen molar-refractivity contribution < 1.29 is 14.3 Å². The standard InChI is InChI=1S/C8H13NO3/c1-11-8(10)5-3-2-4-6-12-7-9/h2-6H2,1H3. The van der Waals surface area contributed by atoms with Crippen molar-refractivity contribution in [2.75, 3.05) is 13.7 Å². The lowest BCUT2D eigenvalue weighted by atomic mass is 10.2. The highest BCUT2D eigenvalue weighted by molar-refractivity contribution is 5.68. The Morgan fingerprint density at radius 1 is 1.42 bits per heavy atom. The van der Waals surface area contributed by atoms with Gasteiger partial charge in [-0.2, -0.15) is 5.26 Å². The molecule has 0 heterocycles. The summed E-state index contributed by atoms with van der Waals surface area (Å²) in [4.78, 5) is 10.6. The molecule has 0 bridgehead atoms. The molecule has 0 N–H and O–H groups in total. The fourth-order valence-corrected chi connectivity index (χ4v) is 0.768. The zero-order valence-electron chi connectivity index (χ0n) is 7.21. The van der Waals surface area contributed by atoms with Crippen LogP contribution in [0.25, 0.3) is 0 Å².